The van der Waals surface area contributed by atoms with Crippen molar-refractivity contribution in [3.05, 3.63) is 24.0 Å². The Balaban J connectivity index is 2.47. The highest BCUT2D eigenvalue weighted by atomic mass is 16.5. The number of hydrogen-bond acceptors (Lipinski definition) is 5. The van der Waals surface area contributed by atoms with E-state index < -0.39 is 5.97 Å². The minimum atomic E-state index is -1.17. The van der Waals surface area contributed by atoms with Crippen molar-refractivity contribution >= 4 is 5.97 Å². The Bertz CT molecular complexity index is 543. The van der Waals surface area contributed by atoms with Gasteiger partial charge in [-0.25, -0.2) is 14.8 Å². The van der Waals surface area contributed by atoms with E-state index in [-0.39, 0.29) is 24.0 Å². The van der Waals surface area contributed by atoms with Crippen LogP contribution in [0.4, 0.5) is 0 Å². The molecule has 0 unspecified atom stereocenters. The highest BCUT2D eigenvalue weighted by molar-refractivity contribution is 5.86. The first kappa shape index (κ1) is 11.3. The lowest BCUT2D eigenvalue weighted by molar-refractivity contribution is 0.0656. The minimum absolute atomic E-state index is 0.0863. The Morgan fingerprint density at radius 3 is 2.94 bits per heavy atom. The maximum Gasteiger partial charge on any atom is 0.373 e. The van der Waals surface area contributed by atoms with Gasteiger partial charge in [-0.05, 0) is 0 Å². The SMILES string of the molecule is COCc1nc(-c2cncn2C)oc1C(=O)O. The van der Waals surface area contributed by atoms with E-state index in [1.165, 1.54) is 7.11 Å². The van der Waals surface area contributed by atoms with Crippen LogP contribution in [0, 0.1) is 0 Å². The van der Waals surface area contributed by atoms with Crippen LogP contribution in [0.2, 0.25) is 0 Å². The highest BCUT2D eigenvalue weighted by Gasteiger charge is 2.21. The maximum absolute atomic E-state index is 11.0. The van der Waals surface area contributed by atoms with E-state index in [1.807, 2.05) is 0 Å². The molecule has 0 atom stereocenters. The molecule has 2 heterocycles. The normalized spacial score (nSPS) is 10.7. The summed E-state index contributed by atoms with van der Waals surface area (Å²) >= 11 is 0. The first-order valence-electron chi connectivity index (χ1n) is 4.82. The van der Waals surface area contributed by atoms with Crippen LogP contribution >= 0.6 is 0 Å². The molecule has 0 radical (unpaired) electrons. The second kappa shape index (κ2) is 4.38. The molecular formula is C10H11N3O4. The molecule has 1 N–H and O–H groups in total. The lowest BCUT2D eigenvalue weighted by Crippen LogP contribution is -2.00. The summed E-state index contributed by atoms with van der Waals surface area (Å²) in [5, 5.41) is 8.96. The van der Waals surface area contributed by atoms with Crippen molar-refractivity contribution in [1.82, 2.24) is 14.5 Å². The molecule has 0 fully saturated rings. The van der Waals surface area contributed by atoms with Crippen molar-refractivity contribution in [2.45, 2.75) is 6.61 Å². The molecule has 2 aromatic rings. The minimum Gasteiger partial charge on any atom is -0.475 e. The number of aromatic carboxylic acids is 1. The fourth-order valence-electron chi connectivity index (χ4n) is 1.43. The third kappa shape index (κ3) is 2.04. The summed E-state index contributed by atoms with van der Waals surface area (Å²) in [7, 11) is 3.23. The summed E-state index contributed by atoms with van der Waals surface area (Å²) in [6.45, 7) is 0.0863. The van der Waals surface area contributed by atoms with E-state index in [2.05, 4.69) is 9.97 Å². The smallest absolute Gasteiger partial charge is 0.373 e. The molecule has 2 rings (SSSR count). The molecule has 2 aromatic heterocycles. The molecule has 17 heavy (non-hydrogen) atoms. The van der Waals surface area contributed by atoms with E-state index >= 15 is 0 Å². The number of nitrogens with zero attached hydrogens (tertiary/aromatic N) is 3. The molecule has 0 aliphatic carbocycles. The zero-order valence-corrected chi connectivity index (χ0v) is 9.38. The van der Waals surface area contributed by atoms with Gasteiger partial charge in [0.15, 0.2) is 0 Å². The molecule has 0 amide bonds. The quantitative estimate of drug-likeness (QED) is 0.850. The first-order chi connectivity index (χ1) is 8.13. The third-order valence-corrected chi connectivity index (χ3v) is 2.21. The van der Waals surface area contributed by atoms with Gasteiger partial charge in [0.2, 0.25) is 11.7 Å². The molecule has 0 bridgehead atoms. The van der Waals surface area contributed by atoms with Gasteiger partial charge in [-0.15, -0.1) is 0 Å². The van der Waals surface area contributed by atoms with Crippen LogP contribution in [-0.4, -0.2) is 32.7 Å². The van der Waals surface area contributed by atoms with Crippen molar-refractivity contribution in [1.29, 1.82) is 0 Å². The summed E-state index contributed by atoms with van der Waals surface area (Å²) in [5.41, 5.74) is 0.867. The van der Waals surface area contributed by atoms with E-state index in [0.717, 1.165) is 0 Å². The van der Waals surface area contributed by atoms with Gasteiger partial charge >= 0.3 is 5.97 Å². The second-order valence-electron chi connectivity index (χ2n) is 3.42. The number of hydrogen-bond donors (Lipinski definition) is 1. The Morgan fingerprint density at radius 1 is 1.65 bits per heavy atom. The summed E-state index contributed by atoms with van der Waals surface area (Å²) in [5.74, 6) is -1.16. The van der Waals surface area contributed by atoms with Crippen LogP contribution in [0.1, 0.15) is 16.2 Å². The van der Waals surface area contributed by atoms with Gasteiger partial charge in [-0.3, -0.25) is 0 Å². The zero-order chi connectivity index (χ0) is 12.4. The number of imidazole rings is 1. The molecule has 0 aliphatic heterocycles. The lowest BCUT2D eigenvalue weighted by atomic mass is 10.3. The van der Waals surface area contributed by atoms with Crippen LogP contribution in [0.5, 0.6) is 0 Å². The average Bonchev–Trinajstić information content (AvgIpc) is 2.84. The molecule has 0 aromatic carbocycles. The number of aryl methyl sites for hydroxylation is 1. The molecule has 7 nitrogen and oxygen atoms in total. The number of aromatic nitrogens is 3. The maximum atomic E-state index is 11.0. The number of carboxylic acid groups (broad SMARTS) is 1. The van der Waals surface area contributed by atoms with E-state index in [9.17, 15) is 4.79 Å². The Hall–Kier alpha value is -2.15. The molecule has 90 valence electrons. The Kier molecular flexibility index (Phi) is 2.92. The summed E-state index contributed by atoms with van der Waals surface area (Å²) in [6.07, 6.45) is 3.13. The fourth-order valence-corrected chi connectivity index (χ4v) is 1.43. The van der Waals surface area contributed by atoms with Crippen LogP contribution in [-0.2, 0) is 18.4 Å². The zero-order valence-electron chi connectivity index (χ0n) is 9.38. The Morgan fingerprint density at radius 2 is 2.41 bits per heavy atom. The number of oxazole rings is 1. The number of rotatable bonds is 4. The van der Waals surface area contributed by atoms with Gasteiger partial charge in [-0.1, -0.05) is 0 Å². The van der Waals surface area contributed by atoms with Gasteiger partial charge in [0.1, 0.15) is 11.4 Å². The van der Waals surface area contributed by atoms with Crippen molar-refractivity contribution in [3.63, 3.8) is 0 Å². The van der Waals surface area contributed by atoms with Gasteiger partial charge in [0, 0.05) is 14.2 Å². The molecule has 7 heteroatoms. The topological polar surface area (TPSA) is 90.4 Å². The predicted octanol–water partition coefficient (Wildman–Crippen LogP) is 0.920. The van der Waals surface area contributed by atoms with Crippen LogP contribution in [0.15, 0.2) is 16.9 Å². The number of methoxy groups -OCH3 is 1. The lowest BCUT2D eigenvalue weighted by Gasteiger charge is -1.94. The highest BCUT2D eigenvalue weighted by Crippen LogP contribution is 2.21. The van der Waals surface area contributed by atoms with Gasteiger partial charge in [0.05, 0.1) is 19.1 Å². The molecule has 0 aliphatic rings. The van der Waals surface area contributed by atoms with Gasteiger partial charge < -0.3 is 18.8 Å². The largest absolute Gasteiger partial charge is 0.475 e. The second-order valence-corrected chi connectivity index (χ2v) is 3.42. The molecule has 0 spiro atoms. The van der Waals surface area contributed by atoms with Crippen LogP contribution < -0.4 is 0 Å². The van der Waals surface area contributed by atoms with Crippen molar-refractivity contribution in [2.24, 2.45) is 7.05 Å². The average molecular weight is 237 g/mol. The number of carboxylic acids is 1. The van der Waals surface area contributed by atoms with E-state index in [0.29, 0.717) is 5.69 Å². The summed E-state index contributed by atoms with van der Waals surface area (Å²) < 4.78 is 11.8. The third-order valence-electron chi connectivity index (χ3n) is 2.21. The standard InChI is InChI=1S/C10H11N3O4/c1-13-5-11-3-7(13)9-12-6(4-16-2)8(17-9)10(14)15/h3,5H,4H2,1-2H3,(H,14,15). The number of carbonyl (C=O) groups is 1. The van der Waals surface area contributed by atoms with Crippen LogP contribution in [0.25, 0.3) is 11.6 Å². The van der Waals surface area contributed by atoms with Gasteiger partial charge in [-0.2, -0.15) is 0 Å². The Labute approximate surface area is 96.7 Å². The fraction of sp³-hybridized carbons (Fsp3) is 0.300. The van der Waals surface area contributed by atoms with Crippen molar-refractivity contribution < 1.29 is 19.1 Å². The summed E-state index contributed by atoms with van der Waals surface area (Å²) in [4.78, 5) is 19.0. The predicted molar refractivity (Wildman–Crippen MR) is 56.4 cm³/mol. The first-order valence-corrected chi connectivity index (χ1v) is 4.82. The van der Waals surface area contributed by atoms with Crippen LogP contribution in [0.3, 0.4) is 0 Å². The summed E-state index contributed by atoms with van der Waals surface area (Å²) in [6, 6.07) is 0. The number of ether oxygens (including phenoxy) is 1. The molecular weight excluding hydrogens is 226 g/mol. The van der Waals surface area contributed by atoms with Crippen molar-refractivity contribution in [2.75, 3.05) is 7.11 Å². The van der Waals surface area contributed by atoms with Crippen molar-refractivity contribution in [3.8, 4) is 11.6 Å². The van der Waals surface area contributed by atoms with Gasteiger partial charge in [0.25, 0.3) is 0 Å². The monoisotopic (exact) mass is 237 g/mol. The molecule has 0 saturated carbocycles. The van der Waals surface area contributed by atoms with E-state index in [4.69, 9.17) is 14.3 Å². The molecule has 0 saturated heterocycles. The van der Waals surface area contributed by atoms with E-state index in [1.54, 1.807) is 24.1 Å².